The molecule has 4 nitrogen and oxygen atoms in total. The van der Waals surface area contributed by atoms with Crippen LogP contribution in [0.25, 0.3) is 11.5 Å². The average molecular weight is 270 g/mol. The third kappa shape index (κ3) is 2.52. The molecule has 1 heterocycles. The van der Waals surface area contributed by atoms with E-state index in [-0.39, 0.29) is 17.5 Å². The monoisotopic (exact) mass is 269 g/mol. The smallest absolute Gasteiger partial charge is 0.250 e. The van der Waals surface area contributed by atoms with E-state index in [1.807, 2.05) is 6.92 Å². The predicted molar refractivity (Wildman–Crippen MR) is 66.8 cm³/mol. The summed E-state index contributed by atoms with van der Waals surface area (Å²) in [6, 6.07) is 4.30. The van der Waals surface area contributed by atoms with Crippen LogP contribution < -0.4 is 5.32 Å². The van der Waals surface area contributed by atoms with Crippen LogP contribution in [-0.2, 0) is 0 Å². The normalized spacial score (nSPS) is 12.7. The Hall–Kier alpha value is -1.46. The lowest BCUT2D eigenvalue weighted by Crippen LogP contribution is -2.15. The van der Waals surface area contributed by atoms with Gasteiger partial charge in [-0.2, -0.15) is 0 Å². The van der Waals surface area contributed by atoms with Crippen LogP contribution in [-0.4, -0.2) is 17.2 Å². The Morgan fingerprint density at radius 1 is 1.44 bits per heavy atom. The van der Waals surface area contributed by atoms with E-state index in [0.717, 1.165) is 6.42 Å². The number of benzene rings is 1. The van der Waals surface area contributed by atoms with E-state index in [1.54, 1.807) is 13.1 Å². The number of hydrogen-bond donors (Lipinski definition) is 1. The molecular weight excluding hydrogens is 257 g/mol. The third-order valence-electron chi connectivity index (χ3n) is 2.66. The molecule has 1 unspecified atom stereocenters. The van der Waals surface area contributed by atoms with Gasteiger partial charge in [0.15, 0.2) is 0 Å². The lowest BCUT2D eigenvalue weighted by molar-refractivity contribution is 0.414. The van der Waals surface area contributed by atoms with Gasteiger partial charge in [-0.15, -0.1) is 10.2 Å². The number of halogens is 2. The van der Waals surface area contributed by atoms with E-state index in [4.69, 9.17) is 16.0 Å². The summed E-state index contributed by atoms with van der Waals surface area (Å²) >= 11 is 5.69. The van der Waals surface area contributed by atoms with E-state index in [0.29, 0.717) is 10.9 Å². The summed E-state index contributed by atoms with van der Waals surface area (Å²) in [5, 5.41) is 11.1. The number of nitrogens with one attached hydrogen (secondary N) is 1. The number of nitrogens with zero attached hydrogens (tertiary/aromatic N) is 2. The molecule has 96 valence electrons. The van der Waals surface area contributed by atoms with E-state index in [2.05, 4.69) is 15.5 Å². The number of rotatable bonds is 4. The maximum Gasteiger partial charge on any atom is 0.250 e. The Labute approximate surface area is 109 Å². The molecule has 0 aliphatic rings. The fraction of sp³-hybridized carbons (Fsp3) is 0.333. The molecule has 0 saturated heterocycles. The highest BCUT2D eigenvalue weighted by Crippen LogP contribution is 2.26. The Morgan fingerprint density at radius 3 is 2.83 bits per heavy atom. The Kier molecular flexibility index (Phi) is 3.93. The zero-order valence-corrected chi connectivity index (χ0v) is 10.8. The zero-order chi connectivity index (χ0) is 13.1. The van der Waals surface area contributed by atoms with Gasteiger partial charge in [0, 0.05) is 5.02 Å². The van der Waals surface area contributed by atoms with Crippen molar-refractivity contribution >= 4 is 11.6 Å². The first-order valence-corrected chi connectivity index (χ1v) is 5.99. The molecule has 18 heavy (non-hydrogen) atoms. The Morgan fingerprint density at radius 2 is 2.22 bits per heavy atom. The minimum Gasteiger partial charge on any atom is -0.419 e. The van der Waals surface area contributed by atoms with Crippen molar-refractivity contribution in [1.29, 1.82) is 0 Å². The minimum absolute atomic E-state index is 0.0263. The quantitative estimate of drug-likeness (QED) is 0.926. The minimum atomic E-state index is -0.477. The summed E-state index contributed by atoms with van der Waals surface area (Å²) in [5.41, 5.74) is 0.254. The SMILES string of the molecule is CCC(NC)c1nnc(-c2ccc(Cl)cc2F)o1. The maximum atomic E-state index is 13.7. The zero-order valence-electron chi connectivity index (χ0n) is 10.1. The third-order valence-corrected chi connectivity index (χ3v) is 2.89. The van der Waals surface area contributed by atoms with Gasteiger partial charge in [-0.25, -0.2) is 4.39 Å². The van der Waals surface area contributed by atoms with Crippen molar-refractivity contribution in [2.24, 2.45) is 0 Å². The van der Waals surface area contributed by atoms with Crippen LogP contribution in [0.1, 0.15) is 25.3 Å². The maximum absolute atomic E-state index is 13.7. The van der Waals surface area contributed by atoms with E-state index in [1.165, 1.54) is 12.1 Å². The molecule has 1 aromatic heterocycles. The van der Waals surface area contributed by atoms with E-state index >= 15 is 0 Å². The van der Waals surface area contributed by atoms with Gasteiger partial charge in [0.25, 0.3) is 5.89 Å². The fourth-order valence-electron chi connectivity index (χ4n) is 1.65. The molecule has 1 atom stereocenters. The second-order valence-corrected chi connectivity index (χ2v) is 4.26. The number of aromatic nitrogens is 2. The van der Waals surface area contributed by atoms with Gasteiger partial charge in [0.2, 0.25) is 5.89 Å². The first-order chi connectivity index (χ1) is 8.65. The van der Waals surface area contributed by atoms with Crippen molar-refractivity contribution in [3.63, 3.8) is 0 Å². The molecule has 0 fully saturated rings. The lowest BCUT2D eigenvalue weighted by atomic mass is 10.2. The topological polar surface area (TPSA) is 51.0 Å². The van der Waals surface area contributed by atoms with Crippen LogP contribution in [0, 0.1) is 5.82 Å². The molecule has 1 N–H and O–H groups in total. The average Bonchev–Trinajstić information content (AvgIpc) is 2.80. The van der Waals surface area contributed by atoms with Crippen LogP contribution in [0.2, 0.25) is 5.02 Å². The summed E-state index contributed by atoms with van der Waals surface area (Å²) < 4.78 is 19.1. The molecule has 1 aromatic carbocycles. The standard InChI is InChI=1S/C12H13ClFN3O/c1-3-10(15-2)12-17-16-11(18-12)8-5-4-7(13)6-9(8)14/h4-6,10,15H,3H2,1-2H3. The van der Waals surface area contributed by atoms with Gasteiger partial charge in [-0.1, -0.05) is 18.5 Å². The van der Waals surface area contributed by atoms with Crippen molar-refractivity contribution < 1.29 is 8.81 Å². The predicted octanol–water partition coefficient (Wildman–Crippen LogP) is 3.20. The van der Waals surface area contributed by atoms with Crippen LogP contribution >= 0.6 is 11.6 Å². The molecule has 0 bridgehead atoms. The first kappa shape index (κ1) is 13.0. The van der Waals surface area contributed by atoms with Gasteiger partial charge < -0.3 is 9.73 Å². The number of hydrogen-bond acceptors (Lipinski definition) is 4. The van der Waals surface area contributed by atoms with E-state index in [9.17, 15) is 4.39 Å². The van der Waals surface area contributed by atoms with Gasteiger partial charge in [0.05, 0.1) is 11.6 Å². The Bertz CT molecular complexity index is 540. The van der Waals surface area contributed by atoms with Gasteiger partial charge in [0.1, 0.15) is 5.82 Å². The van der Waals surface area contributed by atoms with Crippen LogP contribution in [0.5, 0.6) is 0 Å². The van der Waals surface area contributed by atoms with Crippen molar-refractivity contribution in [2.75, 3.05) is 7.05 Å². The first-order valence-electron chi connectivity index (χ1n) is 5.61. The molecule has 0 aliphatic carbocycles. The molecule has 6 heteroatoms. The molecule has 0 radical (unpaired) electrons. The fourth-order valence-corrected chi connectivity index (χ4v) is 1.81. The Balaban J connectivity index is 2.34. The molecule has 0 amide bonds. The highest BCUT2D eigenvalue weighted by atomic mass is 35.5. The van der Waals surface area contributed by atoms with Crippen molar-refractivity contribution in [3.8, 4) is 11.5 Å². The van der Waals surface area contributed by atoms with Gasteiger partial charge >= 0.3 is 0 Å². The van der Waals surface area contributed by atoms with Gasteiger partial charge in [-0.3, -0.25) is 0 Å². The molecule has 0 spiro atoms. The molecule has 2 aromatic rings. The van der Waals surface area contributed by atoms with E-state index < -0.39 is 5.82 Å². The summed E-state index contributed by atoms with van der Waals surface area (Å²) in [4.78, 5) is 0. The van der Waals surface area contributed by atoms with Crippen molar-refractivity contribution in [3.05, 3.63) is 34.9 Å². The largest absolute Gasteiger partial charge is 0.419 e. The van der Waals surface area contributed by atoms with Crippen LogP contribution in [0.4, 0.5) is 4.39 Å². The summed E-state index contributed by atoms with van der Waals surface area (Å²) in [6.45, 7) is 1.99. The van der Waals surface area contributed by atoms with Crippen LogP contribution in [0.15, 0.2) is 22.6 Å². The molecule has 0 saturated carbocycles. The summed E-state index contributed by atoms with van der Waals surface area (Å²) in [7, 11) is 1.81. The summed E-state index contributed by atoms with van der Waals surface area (Å²) in [5.74, 6) is 0.132. The second-order valence-electron chi connectivity index (χ2n) is 3.82. The van der Waals surface area contributed by atoms with Crippen molar-refractivity contribution in [1.82, 2.24) is 15.5 Å². The molecular formula is C12H13ClFN3O. The lowest BCUT2D eigenvalue weighted by Gasteiger charge is -2.07. The molecule has 0 aliphatic heterocycles. The highest BCUT2D eigenvalue weighted by Gasteiger charge is 2.17. The summed E-state index contributed by atoms with van der Waals surface area (Å²) in [6.07, 6.45) is 0.807. The van der Waals surface area contributed by atoms with Gasteiger partial charge in [-0.05, 0) is 31.7 Å². The van der Waals surface area contributed by atoms with Crippen molar-refractivity contribution in [2.45, 2.75) is 19.4 Å². The second kappa shape index (κ2) is 5.46. The molecule has 2 rings (SSSR count). The van der Waals surface area contributed by atoms with Crippen LogP contribution in [0.3, 0.4) is 0 Å². The highest BCUT2D eigenvalue weighted by molar-refractivity contribution is 6.30.